The van der Waals surface area contributed by atoms with Crippen LogP contribution < -0.4 is 5.73 Å². The van der Waals surface area contributed by atoms with Gasteiger partial charge in [-0.05, 0) is 49.1 Å². The van der Waals surface area contributed by atoms with Gasteiger partial charge in [-0.15, -0.1) is 16.4 Å². The summed E-state index contributed by atoms with van der Waals surface area (Å²) < 4.78 is 55.6. The number of aromatic nitrogens is 5. The number of carbonyl (C=O) groups excluding carboxylic acids is 2. The molecule has 212 valence electrons. The van der Waals surface area contributed by atoms with Crippen molar-refractivity contribution in [1.29, 1.82) is 0 Å². The minimum Gasteiger partial charge on any atom is -0.365 e. The van der Waals surface area contributed by atoms with Crippen molar-refractivity contribution >= 4 is 51.9 Å². The number of nitrogens with two attached hydrogens (primary N) is 1. The van der Waals surface area contributed by atoms with E-state index < -0.39 is 35.5 Å². The fraction of sp³-hybridized carbons (Fsp3) is 0.240. The van der Waals surface area contributed by atoms with E-state index in [9.17, 15) is 22.8 Å². The number of halogens is 6. The number of nitrogens with zero attached hydrogens (tertiary/aromatic N) is 5. The minimum atomic E-state index is -4.74. The molecule has 9 nitrogen and oxygen atoms in total. The van der Waals surface area contributed by atoms with Crippen LogP contribution in [0.5, 0.6) is 0 Å². The van der Waals surface area contributed by atoms with Crippen molar-refractivity contribution in [2.24, 2.45) is 5.73 Å². The van der Waals surface area contributed by atoms with Crippen LogP contribution >= 0.6 is 34.5 Å². The van der Waals surface area contributed by atoms with Crippen LogP contribution in [0.1, 0.15) is 52.1 Å². The quantitative estimate of drug-likeness (QED) is 0.271. The van der Waals surface area contributed by atoms with Gasteiger partial charge in [-0.1, -0.05) is 28.4 Å². The summed E-state index contributed by atoms with van der Waals surface area (Å²) in [5.41, 5.74) is 4.62. The fourth-order valence-corrected chi connectivity index (χ4v) is 6.54. The van der Waals surface area contributed by atoms with Crippen molar-refractivity contribution in [3.8, 4) is 16.3 Å². The number of thiophene rings is 1. The van der Waals surface area contributed by atoms with Crippen molar-refractivity contribution in [2.45, 2.75) is 37.5 Å². The number of benzene rings is 1. The molecule has 4 aromatic rings. The zero-order valence-corrected chi connectivity index (χ0v) is 22.9. The molecule has 3 N–H and O–H groups in total. The second-order valence-electron chi connectivity index (χ2n) is 9.48. The Morgan fingerprint density at radius 2 is 1.95 bits per heavy atom. The van der Waals surface area contributed by atoms with E-state index in [1.807, 2.05) is 0 Å². The Bertz CT molecular complexity index is 1750. The molecule has 6 rings (SSSR count). The Morgan fingerprint density at radius 3 is 2.63 bits per heavy atom. The van der Waals surface area contributed by atoms with Gasteiger partial charge in [0.05, 0.1) is 32.7 Å². The van der Waals surface area contributed by atoms with Gasteiger partial charge in [0.25, 0.3) is 5.91 Å². The summed E-state index contributed by atoms with van der Waals surface area (Å²) in [5.74, 6) is -1.44. The lowest BCUT2D eigenvalue weighted by Gasteiger charge is -2.33. The van der Waals surface area contributed by atoms with Crippen LogP contribution in [0.3, 0.4) is 0 Å². The average Bonchev–Trinajstić information content (AvgIpc) is 3.70. The number of aromatic amines is 1. The number of amides is 2. The molecule has 1 aromatic carbocycles. The van der Waals surface area contributed by atoms with E-state index in [1.165, 1.54) is 18.2 Å². The van der Waals surface area contributed by atoms with E-state index in [1.54, 1.807) is 17.0 Å². The lowest BCUT2D eigenvalue weighted by atomic mass is 9.92. The first-order valence-corrected chi connectivity index (χ1v) is 13.7. The van der Waals surface area contributed by atoms with Gasteiger partial charge < -0.3 is 15.6 Å². The molecule has 2 atom stereocenters. The van der Waals surface area contributed by atoms with Crippen LogP contribution in [0.2, 0.25) is 10.2 Å². The third kappa shape index (κ3) is 4.79. The highest BCUT2D eigenvalue weighted by Gasteiger charge is 2.43. The second kappa shape index (κ2) is 9.96. The maximum Gasteiger partial charge on any atom is 0.436 e. The molecular weight excluding hydrogens is 609 g/mol. The third-order valence-electron chi connectivity index (χ3n) is 7.01. The van der Waals surface area contributed by atoms with Gasteiger partial charge in [0.2, 0.25) is 5.91 Å². The monoisotopic (exact) mass is 625 g/mol. The van der Waals surface area contributed by atoms with Crippen LogP contribution in [0.15, 0.2) is 36.5 Å². The van der Waals surface area contributed by atoms with Gasteiger partial charge in [-0.2, -0.15) is 13.2 Å². The van der Waals surface area contributed by atoms with Gasteiger partial charge in [-0.25, -0.2) is 14.1 Å². The first-order valence-electron chi connectivity index (χ1n) is 12.1. The Labute approximate surface area is 242 Å². The lowest BCUT2D eigenvalue weighted by molar-refractivity contribution is -0.141. The highest BCUT2D eigenvalue weighted by atomic mass is 35.5. The van der Waals surface area contributed by atoms with Crippen molar-refractivity contribution in [2.75, 3.05) is 0 Å². The molecule has 2 amide bonds. The number of rotatable bonds is 5. The van der Waals surface area contributed by atoms with Gasteiger partial charge >= 0.3 is 6.18 Å². The van der Waals surface area contributed by atoms with E-state index in [2.05, 4.69) is 20.3 Å². The number of nitrogens with one attached hydrogen (secondary N) is 1. The molecule has 16 heteroatoms. The van der Waals surface area contributed by atoms with Crippen LogP contribution in [0.25, 0.3) is 21.8 Å². The summed E-state index contributed by atoms with van der Waals surface area (Å²) in [4.78, 5) is 35.2. The molecule has 2 aliphatic heterocycles. The molecule has 1 fully saturated rings. The zero-order valence-electron chi connectivity index (χ0n) is 20.5. The fourth-order valence-electron chi connectivity index (χ4n) is 5.23. The molecule has 0 radical (unpaired) electrons. The highest BCUT2D eigenvalue weighted by Crippen LogP contribution is 2.45. The molecular formula is C25H17Cl2F4N7O2S. The van der Waals surface area contributed by atoms with E-state index in [0.29, 0.717) is 40.3 Å². The number of imidazole rings is 1. The molecule has 41 heavy (non-hydrogen) atoms. The Hall–Kier alpha value is -3.75. The van der Waals surface area contributed by atoms with Gasteiger partial charge in [0.15, 0.2) is 11.5 Å². The zero-order chi connectivity index (χ0) is 29.2. The number of fused-ring (bicyclic) bond motifs is 1. The van der Waals surface area contributed by atoms with Crippen molar-refractivity contribution in [3.63, 3.8) is 0 Å². The van der Waals surface area contributed by atoms with E-state index in [0.717, 1.165) is 16.0 Å². The van der Waals surface area contributed by atoms with Crippen LogP contribution in [-0.2, 0) is 11.0 Å². The number of primary amides is 1. The molecule has 2 aliphatic rings. The Kier molecular flexibility index (Phi) is 6.66. The first-order chi connectivity index (χ1) is 19.4. The summed E-state index contributed by atoms with van der Waals surface area (Å²) in [6.45, 7) is 0. The molecule has 0 unspecified atom stereocenters. The molecule has 0 aliphatic carbocycles. The smallest absolute Gasteiger partial charge is 0.365 e. The van der Waals surface area contributed by atoms with E-state index in [4.69, 9.17) is 28.9 Å². The van der Waals surface area contributed by atoms with Crippen LogP contribution in [0.4, 0.5) is 17.6 Å². The summed E-state index contributed by atoms with van der Waals surface area (Å²) >= 11 is 13.6. The molecule has 0 saturated carbocycles. The standard InChI is InChI=1S/C25H17Cl2F4N7O2S/c26-12-2-4-13(37-9-17(35-36-37)25(29,30)31)19(20(12)28)10-7-11-1-3-14(38(11)18(39)8-10)24-33-21(22(27)34-24)15-5-6-16(41-15)23(32)40/h2,4-6,8-9,11,14H,1,3,7H2,(H2,32,40)(H,33,34)/t11-,14+/m1/s1. The number of H-pyrrole nitrogens is 1. The predicted octanol–water partition coefficient (Wildman–Crippen LogP) is 5.80. The summed E-state index contributed by atoms with van der Waals surface area (Å²) in [7, 11) is 0. The van der Waals surface area contributed by atoms with Crippen molar-refractivity contribution < 1.29 is 27.2 Å². The maximum absolute atomic E-state index is 15.4. The highest BCUT2D eigenvalue weighted by molar-refractivity contribution is 7.17. The summed E-state index contributed by atoms with van der Waals surface area (Å²) in [6, 6.07) is 4.97. The van der Waals surface area contributed by atoms with Crippen molar-refractivity contribution in [1.82, 2.24) is 29.9 Å². The van der Waals surface area contributed by atoms with Gasteiger partial charge in [-0.3, -0.25) is 9.59 Å². The van der Waals surface area contributed by atoms with Crippen LogP contribution in [-0.4, -0.2) is 47.7 Å². The number of carbonyl (C=O) groups is 2. The van der Waals surface area contributed by atoms with Crippen LogP contribution in [0, 0.1) is 5.82 Å². The number of alkyl halides is 3. The lowest BCUT2D eigenvalue weighted by Crippen LogP contribution is -2.39. The molecule has 0 bridgehead atoms. The first kappa shape index (κ1) is 27.4. The number of hydrogen-bond acceptors (Lipinski definition) is 6. The molecule has 0 spiro atoms. The molecule has 5 heterocycles. The van der Waals surface area contributed by atoms with Crippen molar-refractivity contribution in [3.05, 3.63) is 74.5 Å². The SMILES string of the molecule is NC(=O)c1ccc(-c2nc([C@@H]3CC[C@@H]4CC(c5c(-n6cc(C(F)(F)F)nn6)ccc(Cl)c5F)=CC(=O)N43)[nH]c2Cl)s1. The molecule has 3 aromatic heterocycles. The summed E-state index contributed by atoms with van der Waals surface area (Å²) in [5, 5.41) is 6.65. The third-order valence-corrected chi connectivity index (χ3v) is 8.68. The summed E-state index contributed by atoms with van der Waals surface area (Å²) in [6.07, 6.45) is -1.56. The minimum absolute atomic E-state index is 0.0364. The number of hydrogen-bond donors (Lipinski definition) is 2. The Morgan fingerprint density at radius 1 is 1.17 bits per heavy atom. The predicted molar refractivity (Wildman–Crippen MR) is 142 cm³/mol. The maximum atomic E-state index is 15.4. The largest absolute Gasteiger partial charge is 0.436 e. The second-order valence-corrected chi connectivity index (χ2v) is 11.3. The van der Waals surface area contributed by atoms with E-state index in [-0.39, 0.29) is 39.5 Å². The Balaban J connectivity index is 1.33. The topological polar surface area (TPSA) is 123 Å². The average molecular weight is 626 g/mol. The van der Waals surface area contributed by atoms with E-state index >= 15 is 4.39 Å². The normalized spacial score (nSPS) is 19.0. The van der Waals surface area contributed by atoms with Gasteiger partial charge in [0, 0.05) is 17.7 Å². The molecule has 1 saturated heterocycles. The van der Waals surface area contributed by atoms with Gasteiger partial charge in [0.1, 0.15) is 16.7 Å².